The van der Waals surface area contributed by atoms with E-state index in [2.05, 4.69) is 0 Å². The molecule has 1 saturated carbocycles. The Labute approximate surface area is 137 Å². The monoisotopic (exact) mass is 337 g/mol. The van der Waals surface area contributed by atoms with Gasteiger partial charge in [0.2, 0.25) is 5.91 Å². The number of hydrogen-bond acceptors (Lipinski definition) is 4. The maximum absolute atomic E-state index is 12.8. The number of amides is 1. The highest BCUT2D eigenvalue weighted by atomic mass is 32.2. The molecule has 3 rings (SSSR count). The Morgan fingerprint density at radius 2 is 1.91 bits per heavy atom. The third kappa shape index (κ3) is 3.93. The summed E-state index contributed by atoms with van der Waals surface area (Å²) in [5.41, 5.74) is 1.58. The molecular formula is C17H23NO4S. The first-order valence-corrected chi connectivity index (χ1v) is 10.00. The lowest BCUT2D eigenvalue weighted by atomic mass is 10.0. The largest absolute Gasteiger partial charge is 0.392 e. The molecule has 2 fully saturated rings. The molecule has 23 heavy (non-hydrogen) atoms. The molecule has 126 valence electrons. The van der Waals surface area contributed by atoms with Gasteiger partial charge in [-0.1, -0.05) is 24.3 Å². The zero-order valence-corrected chi connectivity index (χ0v) is 14.0. The van der Waals surface area contributed by atoms with Crippen LogP contribution in [0.2, 0.25) is 0 Å². The molecule has 1 aliphatic carbocycles. The van der Waals surface area contributed by atoms with E-state index >= 15 is 0 Å². The molecule has 0 spiro atoms. The average molecular weight is 337 g/mol. The van der Waals surface area contributed by atoms with Gasteiger partial charge in [0, 0.05) is 12.6 Å². The molecule has 1 aromatic rings. The Hall–Kier alpha value is -1.40. The second-order valence-electron chi connectivity index (χ2n) is 6.56. The maximum Gasteiger partial charge on any atom is 0.227 e. The highest BCUT2D eigenvalue weighted by Gasteiger charge is 2.41. The van der Waals surface area contributed by atoms with E-state index in [0.717, 1.165) is 24.0 Å². The Balaban J connectivity index is 1.79. The van der Waals surface area contributed by atoms with Gasteiger partial charge in [-0.2, -0.15) is 0 Å². The minimum absolute atomic E-state index is 0.0279. The van der Waals surface area contributed by atoms with Crippen LogP contribution in [0.25, 0.3) is 0 Å². The number of aliphatic hydroxyl groups excluding tert-OH is 1. The lowest BCUT2D eigenvalue weighted by molar-refractivity contribution is -0.132. The summed E-state index contributed by atoms with van der Waals surface area (Å²) in [5, 5.41) is 9.40. The smallest absolute Gasteiger partial charge is 0.227 e. The molecule has 1 saturated heterocycles. The van der Waals surface area contributed by atoms with Crippen molar-refractivity contribution < 1.29 is 18.3 Å². The van der Waals surface area contributed by atoms with Crippen molar-refractivity contribution >= 4 is 15.7 Å². The summed E-state index contributed by atoms with van der Waals surface area (Å²) >= 11 is 0. The summed E-state index contributed by atoms with van der Waals surface area (Å²) in [4.78, 5) is 14.6. The molecule has 1 atom stereocenters. The fourth-order valence-electron chi connectivity index (χ4n) is 3.38. The number of carbonyl (C=O) groups is 1. The van der Waals surface area contributed by atoms with Crippen LogP contribution in [0.1, 0.15) is 30.4 Å². The molecule has 2 aliphatic rings. The van der Waals surface area contributed by atoms with E-state index in [9.17, 15) is 18.3 Å². The van der Waals surface area contributed by atoms with Gasteiger partial charge in [0.15, 0.2) is 9.84 Å². The molecular weight excluding hydrogens is 314 g/mol. The third-order valence-corrected chi connectivity index (χ3v) is 6.56. The Kier molecular flexibility index (Phi) is 4.73. The fourth-order valence-corrected chi connectivity index (χ4v) is 5.09. The van der Waals surface area contributed by atoms with Crippen LogP contribution in [-0.2, 0) is 27.7 Å². The summed E-state index contributed by atoms with van der Waals surface area (Å²) in [6, 6.07) is 7.19. The van der Waals surface area contributed by atoms with E-state index in [1.165, 1.54) is 0 Å². The van der Waals surface area contributed by atoms with Crippen LogP contribution in [0.4, 0.5) is 0 Å². The first kappa shape index (κ1) is 16.5. The summed E-state index contributed by atoms with van der Waals surface area (Å²) < 4.78 is 24.1. The molecule has 1 unspecified atom stereocenters. The van der Waals surface area contributed by atoms with Gasteiger partial charge < -0.3 is 10.0 Å². The van der Waals surface area contributed by atoms with Crippen molar-refractivity contribution in [1.82, 2.24) is 4.90 Å². The van der Waals surface area contributed by atoms with E-state index in [0.29, 0.717) is 18.9 Å². The molecule has 0 aromatic heterocycles. The molecule has 1 N–H and O–H groups in total. The minimum atomic E-state index is -3.06. The molecule has 1 amide bonds. The van der Waals surface area contributed by atoms with Gasteiger partial charge in [-0.25, -0.2) is 8.42 Å². The molecule has 0 bridgehead atoms. The molecule has 1 aliphatic heterocycles. The number of nitrogens with zero attached hydrogens (tertiary/aromatic N) is 1. The summed E-state index contributed by atoms with van der Waals surface area (Å²) in [6.07, 6.45) is 2.76. The van der Waals surface area contributed by atoms with Crippen molar-refractivity contribution in [3.8, 4) is 0 Å². The zero-order chi connectivity index (χ0) is 16.4. The second-order valence-corrected chi connectivity index (χ2v) is 8.79. The fraction of sp³-hybridized carbons (Fsp3) is 0.588. The van der Waals surface area contributed by atoms with Crippen LogP contribution in [0.3, 0.4) is 0 Å². The predicted molar refractivity (Wildman–Crippen MR) is 87.6 cm³/mol. The Bertz CT molecular complexity index is 682. The molecule has 0 radical (unpaired) electrons. The van der Waals surface area contributed by atoms with Gasteiger partial charge in [-0.15, -0.1) is 0 Å². The van der Waals surface area contributed by atoms with Crippen LogP contribution >= 0.6 is 0 Å². The summed E-state index contributed by atoms with van der Waals surface area (Å²) in [5.74, 6) is 0.581. The Morgan fingerprint density at radius 3 is 2.57 bits per heavy atom. The summed E-state index contributed by atoms with van der Waals surface area (Å²) in [7, 11) is -3.06. The second kappa shape index (κ2) is 6.61. The molecule has 1 aromatic carbocycles. The Morgan fingerprint density at radius 1 is 1.22 bits per heavy atom. The topological polar surface area (TPSA) is 74.7 Å². The quantitative estimate of drug-likeness (QED) is 0.894. The normalized spacial score (nSPS) is 24.2. The first-order chi connectivity index (χ1) is 11.0. The van der Waals surface area contributed by atoms with E-state index < -0.39 is 9.84 Å². The lowest BCUT2D eigenvalue weighted by Gasteiger charge is -2.30. The van der Waals surface area contributed by atoms with Crippen LogP contribution in [-0.4, -0.2) is 48.4 Å². The number of hydrogen-bond donors (Lipinski definition) is 1. The zero-order valence-electron chi connectivity index (χ0n) is 13.1. The van der Waals surface area contributed by atoms with Gasteiger partial charge in [0.1, 0.15) is 0 Å². The average Bonchev–Trinajstić information content (AvgIpc) is 3.34. The van der Waals surface area contributed by atoms with Crippen LogP contribution in [0.5, 0.6) is 0 Å². The standard InChI is InChI=1S/C17H23NO4S/c19-11-15-5-2-1-4-14(15)10-17(20)18-8-3-9-23(21,22)12-16(18)13-6-7-13/h1-2,4-5,13,16,19H,3,6-12H2. The lowest BCUT2D eigenvalue weighted by Crippen LogP contribution is -2.45. The van der Waals surface area contributed by atoms with Gasteiger partial charge in [0.05, 0.1) is 24.5 Å². The van der Waals surface area contributed by atoms with E-state index in [-0.39, 0.29) is 36.5 Å². The van der Waals surface area contributed by atoms with Gasteiger partial charge in [0.25, 0.3) is 0 Å². The van der Waals surface area contributed by atoms with Crippen molar-refractivity contribution in [2.24, 2.45) is 5.92 Å². The third-order valence-electron chi connectivity index (χ3n) is 4.80. The SMILES string of the molecule is O=C(Cc1ccccc1CO)N1CCCS(=O)(=O)CC1C1CC1. The van der Waals surface area contributed by atoms with Gasteiger partial charge >= 0.3 is 0 Å². The number of aliphatic hydroxyl groups is 1. The number of carbonyl (C=O) groups excluding carboxylic acids is 1. The predicted octanol–water partition coefficient (Wildman–Crippen LogP) is 1.15. The van der Waals surface area contributed by atoms with Gasteiger partial charge in [-0.3, -0.25) is 4.79 Å². The maximum atomic E-state index is 12.8. The van der Waals surface area contributed by atoms with E-state index in [4.69, 9.17) is 0 Å². The van der Waals surface area contributed by atoms with Crippen molar-refractivity contribution in [3.05, 3.63) is 35.4 Å². The highest BCUT2D eigenvalue weighted by molar-refractivity contribution is 7.91. The highest BCUT2D eigenvalue weighted by Crippen LogP contribution is 2.37. The van der Waals surface area contributed by atoms with Crippen LogP contribution < -0.4 is 0 Å². The van der Waals surface area contributed by atoms with Crippen molar-refractivity contribution in [3.63, 3.8) is 0 Å². The van der Waals surface area contributed by atoms with Crippen LogP contribution in [0, 0.1) is 5.92 Å². The van der Waals surface area contributed by atoms with Crippen molar-refractivity contribution in [1.29, 1.82) is 0 Å². The number of rotatable bonds is 4. The molecule has 6 heteroatoms. The van der Waals surface area contributed by atoms with Crippen molar-refractivity contribution in [2.75, 3.05) is 18.1 Å². The van der Waals surface area contributed by atoms with Gasteiger partial charge in [-0.05, 0) is 36.3 Å². The van der Waals surface area contributed by atoms with Crippen LogP contribution in [0.15, 0.2) is 24.3 Å². The van der Waals surface area contributed by atoms with E-state index in [1.54, 1.807) is 4.90 Å². The number of benzene rings is 1. The summed E-state index contributed by atoms with van der Waals surface area (Å²) in [6.45, 7) is 0.421. The minimum Gasteiger partial charge on any atom is -0.392 e. The number of sulfone groups is 1. The van der Waals surface area contributed by atoms with E-state index in [1.807, 2.05) is 24.3 Å². The van der Waals surface area contributed by atoms with Crippen molar-refractivity contribution in [2.45, 2.75) is 38.3 Å². The molecule has 5 nitrogen and oxygen atoms in total. The molecule has 1 heterocycles. The first-order valence-electron chi connectivity index (χ1n) is 8.18.